The fraction of sp³-hybridized carbons (Fsp3) is 0.182. The number of ether oxygens (including phenoxy) is 1. The van der Waals surface area contributed by atoms with Crippen molar-refractivity contribution in [2.45, 2.75) is 20.0 Å². The molecule has 3 aromatic rings. The molecule has 0 saturated heterocycles. The van der Waals surface area contributed by atoms with Crippen molar-refractivity contribution in [1.29, 1.82) is 0 Å². The standard InChI is InChI=1S/C22H22ClN3O2/c1-16-20(22(23)26(25-16)15-18-6-4-3-5-7-18)12-13-21(27)24-14-17-8-10-19(28-2)11-9-17/h3-13H,14-15H2,1-2H3,(H,24,27)/b13-12+. The molecule has 144 valence electrons. The molecule has 1 heterocycles. The molecule has 2 aromatic carbocycles. The van der Waals surface area contributed by atoms with Gasteiger partial charge < -0.3 is 10.1 Å². The van der Waals surface area contributed by atoms with Crippen LogP contribution < -0.4 is 10.1 Å². The molecule has 1 aromatic heterocycles. The van der Waals surface area contributed by atoms with E-state index in [2.05, 4.69) is 10.4 Å². The SMILES string of the molecule is COc1ccc(CNC(=O)/C=C/c2c(C)nn(Cc3ccccc3)c2Cl)cc1. The van der Waals surface area contributed by atoms with E-state index in [0.717, 1.165) is 28.1 Å². The van der Waals surface area contributed by atoms with E-state index in [0.29, 0.717) is 18.2 Å². The van der Waals surface area contributed by atoms with Gasteiger partial charge in [0.15, 0.2) is 0 Å². The first-order valence-electron chi connectivity index (χ1n) is 8.92. The molecule has 0 atom stereocenters. The topological polar surface area (TPSA) is 56.1 Å². The number of rotatable bonds is 7. The van der Waals surface area contributed by atoms with Crippen molar-refractivity contribution >= 4 is 23.6 Å². The van der Waals surface area contributed by atoms with Crippen molar-refractivity contribution in [2.24, 2.45) is 0 Å². The van der Waals surface area contributed by atoms with Crippen LogP contribution in [0.5, 0.6) is 5.75 Å². The number of nitrogens with zero attached hydrogens (tertiary/aromatic N) is 2. The number of amides is 1. The molecule has 6 heteroatoms. The summed E-state index contributed by atoms with van der Waals surface area (Å²) in [4.78, 5) is 12.1. The number of hydrogen-bond acceptors (Lipinski definition) is 3. The van der Waals surface area contributed by atoms with Crippen LogP contribution in [0.15, 0.2) is 60.7 Å². The third-order valence-electron chi connectivity index (χ3n) is 4.31. The molecule has 0 aliphatic rings. The molecule has 28 heavy (non-hydrogen) atoms. The number of aromatic nitrogens is 2. The lowest BCUT2D eigenvalue weighted by Crippen LogP contribution is -2.20. The zero-order valence-corrected chi connectivity index (χ0v) is 16.6. The largest absolute Gasteiger partial charge is 0.497 e. The molecule has 1 N–H and O–H groups in total. The van der Waals surface area contributed by atoms with Crippen molar-refractivity contribution in [3.63, 3.8) is 0 Å². The number of hydrogen-bond donors (Lipinski definition) is 1. The highest BCUT2D eigenvalue weighted by Crippen LogP contribution is 2.22. The van der Waals surface area contributed by atoms with Crippen molar-refractivity contribution < 1.29 is 9.53 Å². The van der Waals surface area contributed by atoms with Crippen LogP contribution in [0.1, 0.15) is 22.4 Å². The molecule has 0 unspecified atom stereocenters. The van der Waals surface area contributed by atoms with Gasteiger partial charge in [0.2, 0.25) is 5.91 Å². The number of halogens is 1. The first-order chi connectivity index (χ1) is 13.6. The van der Waals surface area contributed by atoms with Gasteiger partial charge in [-0.25, -0.2) is 4.68 Å². The predicted octanol–water partition coefficient (Wildman–Crippen LogP) is 4.23. The Balaban J connectivity index is 1.62. The molecule has 3 rings (SSSR count). The Bertz CT molecular complexity index is 963. The van der Waals surface area contributed by atoms with Crippen LogP contribution >= 0.6 is 11.6 Å². The van der Waals surface area contributed by atoms with E-state index in [1.54, 1.807) is 17.9 Å². The maximum Gasteiger partial charge on any atom is 0.244 e. The molecule has 0 aliphatic carbocycles. The van der Waals surface area contributed by atoms with Crippen molar-refractivity contribution in [2.75, 3.05) is 7.11 Å². The summed E-state index contributed by atoms with van der Waals surface area (Å²) in [5, 5.41) is 7.85. The van der Waals surface area contributed by atoms with E-state index in [1.807, 2.05) is 61.5 Å². The van der Waals surface area contributed by atoms with Gasteiger partial charge in [-0.3, -0.25) is 4.79 Å². The van der Waals surface area contributed by atoms with Crippen LogP contribution in [-0.2, 0) is 17.9 Å². The monoisotopic (exact) mass is 395 g/mol. The molecule has 0 radical (unpaired) electrons. The van der Waals surface area contributed by atoms with Gasteiger partial charge in [-0.15, -0.1) is 0 Å². The van der Waals surface area contributed by atoms with Crippen LogP contribution in [0.3, 0.4) is 0 Å². The van der Waals surface area contributed by atoms with E-state index >= 15 is 0 Å². The van der Waals surface area contributed by atoms with E-state index in [9.17, 15) is 4.79 Å². The second-order valence-electron chi connectivity index (χ2n) is 6.33. The zero-order valence-electron chi connectivity index (χ0n) is 15.9. The Morgan fingerprint density at radius 2 is 1.86 bits per heavy atom. The lowest BCUT2D eigenvalue weighted by atomic mass is 10.2. The van der Waals surface area contributed by atoms with E-state index < -0.39 is 0 Å². The van der Waals surface area contributed by atoms with Gasteiger partial charge in [-0.2, -0.15) is 5.10 Å². The van der Waals surface area contributed by atoms with Gasteiger partial charge in [0, 0.05) is 18.2 Å². The Hall–Kier alpha value is -3.05. The van der Waals surface area contributed by atoms with Crippen LogP contribution in [0.25, 0.3) is 6.08 Å². The maximum atomic E-state index is 12.1. The number of carbonyl (C=O) groups excluding carboxylic acids is 1. The Morgan fingerprint density at radius 3 is 2.54 bits per heavy atom. The van der Waals surface area contributed by atoms with Crippen LogP contribution in [0, 0.1) is 6.92 Å². The van der Waals surface area contributed by atoms with Gasteiger partial charge >= 0.3 is 0 Å². The highest BCUT2D eigenvalue weighted by Gasteiger charge is 2.11. The molecule has 1 amide bonds. The van der Waals surface area contributed by atoms with Gasteiger partial charge in [0.05, 0.1) is 19.3 Å². The highest BCUT2D eigenvalue weighted by molar-refractivity contribution is 6.31. The Labute approximate surface area is 169 Å². The minimum absolute atomic E-state index is 0.193. The summed E-state index contributed by atoms with van der Waals surface area (Å²) in [6, 6.07) is 17.5. The Morgan fingerprint density at radius 1 is 1.14 bits per heavy atom. The lowest BCUT2D eigenvalue weighted by molar-refractivity contribution is -0.116. The molecule has 0 fully saturated rings. The van der Waals surface area contributed by atoms with E-state index in [4.69, 9.17) is 16.3 Å². The molecule has 0 bridgehead atoms. The van der Waals surface area contributed by atoms with Gasteiger partial charge in [-0.1, -0.05) is 54.1 Å². The van der Waals surface area contributed by atoms with Crippen LogP contribution in [-0.4, -0.2) is 22.8 Å². The Kier molecular flexibility index (Phi) is 6.50. The molecular weight excluding hydrogens is 374 g/mol. The first kappa shape index (κ1) is 19.7. The molecule has 5 nitrogen and oxygen atoms in total. The molecule has 0 aliphatic heterocycles. The minimum atomic E-state index is -0.193. The molecule has 0 saturated carbocycles. The summed E-state index contributed by atoms with van der Waals surface area (Å²) < 4.78 is 6.86. The quantitative estimate of drug-likeness (QED) is 0.609. The average Bonchev–Trinajstić information content (AvgIpc) is 2.98. The third kappa shape index (κ3) is 5.02. The lowest BCUT2D eigenvalue weighted by Gasteiger charge is -2.04. The summed E-state index contributed by atoms with van der Waals surface area (Å²) >= 11 is 6.47. The number of nitrogens with one attached hydrogen (secondary N) is 1. The smallest absolute Gasteiger partial charge is 0.244 e. The summed E-state index contributed by atoms with van der Waals surface area (Å²) in [5.41, 5.74) is 3.63. The normalized spacial score (nSPS) is 11.0. The molecular formula is C22H22ClN3O2. The second-order valence-corrected chi connectivity index (χ2v) is 6.69. The van der Waals surface area contributed by atoms with Crippen molar-refractivity contribution in [3.8, 4) is 5.75 Å². The zero-order chi connectivity index (χ0) is 19.9. The summed E-state index contributed by atoms with van der Waals surface area (Å²) in [6.07, 6.45) is 3.18. The van der Waals surface area contributed by atoms with Gasteiger partial charge in [0.25, 0.3) is 0 Å². The second kappa shape index (κ2) is 9.24. The average molecular weight is 396 g/mol. The fourth-order valence-corrected chi connectivity index (χ4v) is 3.07. The number of aryl methyl sites for hydroxylation is 1. The predicted molar refractivity (Wildman–Crippen MR) is 111 cm³/mol. The summed E-state index contributed by atoms with van der Waals surface area (Å²) in [6.45, 7) is 2.90. The number of benzene rings is 2. The number of carbonyl (C=O) groups is 1. The molecule has 0 spiro atoms. The fourth-order valence-electron chi connectivity index (χ4n) is 2.77. The van der Waals surface area contributed by atoms with Gasteiger partial charge in [-0.05, 0) is 36.3 Å². The summed E-state index contributed by atoms with van der Waals surface area (Å²) in [7, 11) is 1.62. The minimum Gasteiger partial charge on any atom is -0.497 e. The summed E-state index contributed by atoms with van der Waals surface area (Å²) in [5.74, 6) is 0.592. The van der Waals surface area contributed by atoms with Crippen molar-refractivity contribution in [3.05, 3.63) is 88.2 Å². The van der Waals surface area contributed by atoms with E-state index in [-0.39, 0.29) is 5.91 Å². The maximum absolute atomic E-state index is 12.1. The van der Waals surface area contributed by atoms with E-state index in [1.165, 1.54) is 6.08 Å². The number of methoxy groups -OCH3 is 1. The third-order valence-corrected chi connectivity index (χ3v) is 4.71. The van der Waals surface area contributed by atoms with Gasteiger partial charge in [0.1, 0.15) is 10.9 Å². The van der Waals surface area contributed by atoms with Crippen LogP contribution in [0.2, 0.25) is 5.15 Å². The first-order valence-corrected chi connectivity index (χ1v) is 9.30. The van der Waals surface area contributed by atoms with Crippen LogP contribution in [0.4, 0.5) is 0 Å². The van der Waals surface area contributed by atoms with Crippen molar-refractivity contribution in [1.82, 2.24) is 15.1 Å². The highest BCUT2D eigenvalue weighted by atomic mass is 35.5.